The number of sulfonamides is 1. The summed E-state index contributed by atoms with van der Waals surface area (Å²) in [6, 6.07) is 13.3. The third-order valence-electron chi connectivity index (χ3n) is 4.85. The number of hydrogen-bond acceptors (Lipinski definition) is 4. The van der Waals surface area contributed by atoms with E-state index >= 15 is 0 Å². The maximum absolute atomic E-state index is 12.0. The Hall–Kier alpha value is -2.93. The fourth-order valence-corrected chi connectivity index (χ4v) is 3.71. The Bertz CT molecular complexity index is 1070. The summed E-state index contributed by atoms with van der Waals surface area (Å²) < 4.78 is 24.4. The lowest BCUT2D eigenvalue weighted by atomic mass is 9.85. The first-order valence-corrected chi connectivity index (χ1v) is 10.8. The predicted octanol–water partition coefficient (Wildman–Crippen LogP) is 3.09. The molecule has 2 aromatic carbocycles. The van der Waals surface area contributed by atoms with Crippen molar-refractivity contribution in [1.82, 2.24) is 14.7 Å². The van der Waals surface area contributed by atoms with Crippen LogP contribution in [0.3, 0.4) is 0 Å². The molecule has 0 saturated carbocycles. The summed E-state index contributed by atoms with van der Waals surface area (Å²) in [5, 5.41) is 0. The minimum Gasteiger partial charge on any atom is -0.348 e. The Balaban J connectivity index is 1.88. The topological polar surface area (TPSA) is 91.9 Å². The first kappa shape index (κ1) is 19.8. The zero-order chi connectivity index (χ0) is 20.3. The average Bonchev–Trinajstić information content (AvgIpc) is 3.16. The fourth-order valence-electron chi connectivity index (χ4n) is 3.25. The first-order chi connectivity index (χ1) is 13.2. The normalized spacial score (nSPS) is 12.5. The summed E-state index contributed by atoms with van der Waals surface area (Å²) in [7, 11) is -3.59. The second-order valence-electron chi connectivity index (χ2n) is 6.95. The number of imidazole rings is 1. The second kappa shape index (κ2) is 7.98. The van der Waals surface area contributed by atoms with Crippen LogP contribution in [0.4, 0.5) is 0 Å². The minimum atomic E-state index is -3.59. The van der Waals surface area contributed by atoms with Gasteiger partial charge in [0, 0.05) is 23.4 Å². The lowest BCUT2D eigenvalue weighted by molar-refractivity contribution is 0.0981. The smallest absolute Gasteiger partial charge is 0.264 e. The van der Waals surface area contributed by atoms with Gasteiger partial charge in [-0.15, -0.1) is 0 Å². The molecule has 1 atom stereocenters. The van der Waals surface area contributed by atoms with Crippen LogP contribution in [0.25, 0.3) is 0 Å². The molecule has 2 N–H and O–H groups in total. The summed E-state index contributed by atoms with van der Waals surface area (Å²) in [6.07, 6.45) is 5.19. The molecule has 0 aliphatic heterocycles. The lowest BCUT2D eigenvalue weighted by Crippen LogP contribution is -2.29. The molecule has 28 heavy (non-hydrogen) atoms. The van der Waals surface area contributed by atoms with E-state index in [0.717, 1.165) is 23.9 Å². The number of aryl methyl sites for hydroxylation is 1. The van der Waals surface area contributed by atoms with Crippen LogP contribution in [0.5, 0.6) is 0 Å². The van der Waals surface area contributed by atoms with Crippen molar-refractivity contribution < 1.29 is 13.2 Å². The number of H-pyrrole nitrogens is 1. The molecule has 6 nitrogen and oxygen atoms in total. The van der Waals surface area contributed by atoms with Gasteiger partial charge in [0.25, 0.3) is 5.91 Å². The maximum Gasteiger partial charge on any atom is 0.264 e. The van der Waals surface area contributed by atoms with Gasteiger partial charge in [0.2, 0.25) is 10.0 Å². The molecule has 0 spiro atoms. The number of benzene rings is 2. The van der Waals surface area contributed by atoms with E-state index in [1.54, 1.807) is 18.5 Å². The van der Waals surface area contributed by atoms with Gasteiger partial charge in [0.1, 0.15) is 0 Å². The number of carbonyl (C=O) groups is 1. The van der Waals surface area contributed by atoms with Gasteiger partial charge >= 0.3 is 0 Å². The van der Waals surface area contributed by atoms with Crippen molar-refractivity contribution in [2.24, 2.45) is 0 Å². The zero-order valence-electron chi connectivity index (χ0n) is 16.1. The first-order valence-electron chi connectivity index (χ1n) is 8.90. The summed E-state index contributed by atoms with van der Waals surface area (Å²) in [6.45, 7) is 4.21. The molecule has 0 saturated heterocycles. The molecular formula is C21H23N3O3S. The van der Waals surface area contributed by atoms with E-state index in [0.29, 0.717) is 5.56 Å². The molecule has 1 heterocycles. The fraction of sp³-hybridized carbons (Fsp3) is 0.238. The third-order valence-corrected chi connectivity index (χ3v) is 5.41. The largest absolute Gasteiger partial charge is 0.348 e. The number of rotatable bonds is 6. The summed E-state index contributed by atoms with van der Waals surface area (Å²) >= 11 is 0. The van der Waals surface area contributed by atoms with Gasteiger partial charge in [0.15, 0.2) is 0 Å². The standard InChI is InChI=1S/C21H23N3O3S/c1-14-5-4-6-18(15(14)2)19(20-12-22-13-23-20)11-16-7-9-17(10-8-16)21(25)24-28(3,26)27/h4-10,12-13,19H,11H2,1-3H3,(H,22,23)(H,24,25). The molecule has 0 radical (unpaired) electrons. The quantitative estimate of drug-likeness (QED) is 0.669. The molecule has 0 aliphatic rings. The number of carbonyl (C=O) groups excluding carboxylic acids is 1. The molecule has 0 aliphatic carbocycles. The van der Waals surface area contributed by atoms with Gasteiger partial charge in [0.05, 0.1) is 12.6 Å². The number of aromatic nitrogens is 2. The summed E-state index contributed by atoms with van der Waals surface area (Å²) in [5.41, 5.74) is 6.06. The molecule has 7 heteroatoms. The minimum absolute atomic E-state index is 0.0955. The van der Waals surface area contributed by atoms with Crippen LogP contribution in [0, 0.1) is 13.8 Å². The Morgan fingerprint density at radius 2 is 1.86 bits per heavy atom. The number of aromatic amines is 1. The van der Waals surface area contributed by atoms with E-state index in [1.165, 1.54) is 16.7 Å². The SMILES string of the molecule is Cc1cccc(C(Cc2ccc(C(=O)NS(C)(=O)=O)cc2)c2cnc[nH]2)c1C. The highest BCUT2D eigenvalue weighted by atomic mass is 32.2. The van der Waals surface area contributed by atoms with Crippen molar-refractivity contribution in [2.75, 3.05) is 6.26 Å². The molecule has 0 fully saturated rings. The van der Waals surface area contributed by atoms with Crippen LogP contribution < -0.4 is 4.72 Å². The van der Waals surface area contributed by atoms with Crippen LogP contribution in [0.15, 0.2) is 55.0 Å². The number of amides is 1. The highest BCUT2D eigenvalue weighted by molar-refractivity contribution is 7.89. The van der Waals surface area contributed by atoms with Gasteiger partial charge in [-0.25, -0.2) is 18.1 Å². The van der Waals surface area contributed by atoms with E-state index in [4.69, 9.17) is 0 Å². The number of nitrogens with zero attached hydrogens (tertiary/aromatic N) is 1. The Morgan fingerprint density at radius 3 is 2.46 bits per heavy atom. The molecule has 1 unspecified atom stereocenters. The van der Waals surface area contributed by atoms with Crippen LogP contribution >= 0.6 is 0 Å². The van der Waals surface area contributed by atoms with Gasteiger partial charge in [-0.05, 0) is 54.7 Å². The van der Waals surface area contributed by atoms with Crippen LogP contribution in [0.2, 0.25) is 0 Å². The molecule has 1 aromatic heterocycles. The molecule has 0 bridgehead atoms. The maximum atomic E-state index is 12.0. The van der Waals surface area contributed by atoms with E-state index in [9.17, 15) is 13.2 Å². The Kier molecular flexibility index (Phi) is 5.65. The molecule has 1 amide bonds. The summed E-state index contributed by atoms with van der Waals surface area (Å²) in [4.78, 5) is 19.4. The third kappa shape index (κ3) is 4.67. The van der Waals surface area contributed by atoms with Gasteiger partial charge in [-0.1, -0.05) is 30.3 Å². The highest BCUT2D eigenvalue weighted by Gasteiger charge is 2.19. The molecule has 146 valence electrons. The van der Waals surface area contributed by atoms with Crippen molar-refractivity contribution >= 4 is 15.9 Å². The molecular weight excluding hydrogens is 374 g/mol. The lowest BCUT2D eigenvalue weighted by Gasteiger charge is -2.20. The molecule has 3 rings (SSSR count). The van der Waals surface area contributed by atoms with E-state index in [1.807, 2.05) is 23.1 Å². The van der Waals surface area contributed by atoms with Gasteiger partial charge in [-0.3, -0.25) is 4.79 Å². The highest BCUT2D eigenvalue weighted by Crippen LogP contribution is 2.30. The number of nitrogens with one attached hydrogen (secondary N) is 2. The van der Waals surface area contributed by atoms with Crippen LogP contribution in [-0.2, 0) is 16.4 Å². The summed E-state index contributed by atoms with van der Waals surface area (Å²) in [5.74, 6) is -0.535. The molecule has 3 aromatic rings. The predicted molar refractivity (Wildman–Crippen MR) is 109 cm³/mol. The second-order valence-corrected chi connectivity index (χ2v) is 8.70. The van der Waals surface area contributed by atoms with E-state index in [2.05, 4.69) is 42.0 Å². The van der Waals surface area contributed by atoms with E-state index in [-0.39, 0.29) is 5.92 Å². The van der Waals surface area contributed by atoms with Crippen molar-refractivity contribution in [3.05, 3.63) is 88.5 Å². The average molecular weight is 398 g/mol. The van der Waals surface area contributed by atoms with Gasteiger partial charge in [-0.2, -0.15) is 0 Å². The Labute approximate surface area is 165 Å². The van der Waals surface area contributed by atoms with Gasteiger partial charge < -0.3 is 4.98 Å². The Morgan fingerprint density at radius 1 is 1.14 bits per heavy atom. The zero-order valence-corrected chi connectivity index (χ0v) is 16.9. The van der Waals surface area contributed by atoms with Crippen molar-refractivity contribution in [3.8, 4) is 0 Å². The monoisotopic (exact) mass is 397 g/mol. The van der Waals surface area contributed by atoms with Crippen molar-refractivity contribution in [2.45, 2.75) is 26.2 Å². The van der Waals surface area contributed by atoms with Crippen molar-refractivity contribution in [1.29, 1.82) is 0 Å². The van der Waals surface area contributed by atoms with Crippen molar-refractivity contribution in [3.63, 3.8) is 0 Å². The van der Waals surface area contributed by atoms with Crippen LogP contribution in [0.1, 0.15) is 44.2 Å². The van der Waals surface area contributed by atoms with Crippen LogP contribution in [-0.4, -0.2) is 30.5 Å². The number of hydrogen-bond donors (Lipinski definition) is 2. The van der Waals surface area contributed by atoms with E-state index < -0.39 is 15.9 Å².